The molecule has 0 radical (unpaired) electrons. The molecule has 4 atom stereocenters. The molecule has 1 amide bonds. The normalized spacial score (nSPS) is 31.0. The standard InChI is InChI=1S/C18H16N2O4/c21-18-17-12(15-7-8-16(17)24-15)9-19(18)13-5-6-14(20(22)23)11-4-2-1-3-10(11)13/h1-6,12,15-17H,7-9H2/t12-,15-,16+,17-/m0/s1. The van der Waals surface area contributed by atoms with Crippen molar-refractivity contribution in [1.82, 2.24) is 0 Å². The molecule has 5 rings (SSSR count). The Bertz CT molecular complexity index is 880. The molecule has 24 heavy (non-hydrogen) atoms. The maximum Gasteiger partial charge on any atom is 0.277 e. The Kier molecular flexibility index (Phi) is 2.77. The number of carbonyl (C=O) groups is 1. The molecule has 0 aromatic heterocycles. The molecule has 0 saturated carbocycles. The van der Waals surface area contributed by atoms with Crippen LogP contribution in [0.3, 0.4) is 0 Å². The van der Waals surface area contributed by atoms with E-state index in [1.807, 2.05) is 17.0 Å². The third-order valence-electron chi connectivity index (χ3n) is 5.73. The van der Waals surface area contributed by atoms with E-state index in [0.717, 1.165) is 23.9 Å². The maximum absolute atomic E-state index is 13.0. The lowest BCUT2D eigenvalue weighted by molar-refractivity contribution is -0.383. The molecular weight excluding hydrogens is 308 g/mol. The molecule has 3 fully saturated rings. The first-order chi connectivity index (χ1) is 11.6. The number of fused-ring (bicyclic) bond motifs is 6. The quantitative estimate of drug-likeness (QED) is 0.629. The van der Waals surface area contributed by atoms with Gasteiger partial charge in [-0.3, -0.25) is 14.9 Å². The van der Waals surface area contributed by atoms with E-state index in [0.29, 0.717) is 11.9 Å². The van der Waals surface area contributed by atoms with Crippen LogP contribution < -0.4 is 4.90 Å². The predicted octanol–water partition coefficient (Wildman–Crippen LogP) is 2.89. The highest BCUT2D eigenvalue weighted by Crippen LogP contribution is 2.49. The summed E-state index contributed by atoms with van der Waals surface area (Å²) in [5, 5.41) is 12.6. The van der Waals surface area contributed by atoms with E-state index in [4.69, 9.17) is 4.74 Å². The lowest BCUT2D eigenvalue weighted by atomic mass is 9.81. The second kappa shape index (κ2) is 4.77. The molecule has 0 N–H and O–H groups in total. The van der Waals surface area contributed by atoms with Gasteiger partial charge in [-0.05, 0) is 25.0 Å². The minimum Gasteiger partial charge on any atom is -0.374 e. The van der Waals surface area contributed by atoms with E-state index in [1.54, 1.807) is 18.2 Å². The van der Waals surface area contributed by atoms with Gasteiger partial charge >= 0.3 is 0 Å². The van der Waals surface area contributed by atoms with Crippen LogP contribution in [0.4, 0.5) is 11.4 Å². The van der Waals surface area contributed by atoms with Gasteiger partial charge in [-0.2, -0.15) is 0 Å². The first-order valence-electron chi connectivity index (χ1n) is 8.28. The van der Waals surface area contributed by atoms with Crippen molar-refractivity contribution >= 4 is 28.1 Å². The lowest BCUT2D eigenvalue weighted by Crippen LogP contribution is -2.31. The van der Waals surface area contributed by atoms with Crippen molar-refractivity contribution in [3.05, 3.63) is 46.5 Å². The third kappa shape index (κ3) is 1.72. The van der Waals surface area contributed by atoms with E-state index < -0.39 is 0 Å². The fraction of sp³-hybridized carbons (Fsp3) is 0.389. The van der Waals surface area contributed by atoms with Gasteiger partial charge in [-0.25, -0.2) is 0 Å². The van der Waals surface area contributed by atoms with Gasteiger partial charge in [0.15, 0.2) is 0 Å². The monoisotopic (exact) mass is 324 g/mol. The van der Waals surface area contributed by atoms with Crippen LogP contribution in [0.2, 0.25) is 0 Å². The van der Waals surface area contributed by atoms with E-state index in [9.17, 15) is 14.9 Å². The summed E-state index contributed by atoms with van der Waals surface area (Å²) in [6.07, 6.45) is 2.25. The van der Waals surface area contributed by atoms with Gasteiger partial charge in [0.1, 0.15) is 0 Å². The molecule has 3 aliphatic heterocycles. The first kappa shape index (κ1) is 13.9. The zero-order chi connectivity index (χ0) is 16.4. The molecule has 2 aromatic carbocycles. The number of non-ortho nitro benzene ring substituents is 1. The summed E-state index contributed by atoms with van der Waals surface area (Å²) in [6, 6.07) is 10.4. The van der Waals surface area contributed by atoms with Crippen LogP contribution in [0, 0.1) is 22.0 Å². The number of rotatable bonds is 2. The molecule has 0 spiro atoms. The smallest absolute Gasteiger partial charge is 0.277 e. The summed E-state index contributed by atoms with van der Waals surface area (Å²) >= 11 is 0. The number of hydrogen-bond donors (Lipinski definition) is 0. The Balaban J connectivity index is 1.62. The molecule has 3 saturated heterocycles. The SMILES string of the molecule is O=C1[C@H]2[C@@H](CN1c1ccc([N+](=O)[O-])c3ccccc13)[C@@H]1CC[C@H]2O1. The van der Waals surface area contributed by atoms with E-state index in [-0.39, 0.29) is 40.6 Å². The van der Waals surface area contributed by atoms with Crippen LogP contribution in [0.25, 0.3) is 10.8 Å². The summed E-state index contributed by atoms with van der Waals surface area (Å²) in [4.78, 5) is 25.7. The number of nitrogens with zero attached hydrogens (tertiary/aromatic N) is 2. The van der Waals surface area contributed by atoms with Crippen molar-refractivity contribution in [3.8, 4) is 0 Å². The Morgan fingerprint density at radius 2 is 1.83 bits per heavy atom. The number of anilines is 1. The Morgan fingerprint density at radius 3 is 2.58 bits per heavy atom. The number of benzene rings is 2. The van der Waals surface area contributed by atoms with Crippen molar-refractivity contribution in [2.75, 3.05) is 11.4 Å². The highest BCUT2D eigenvalue weighted by molar-refractivity contribution is 6.08. The minimum atomic E-state index is -0.374. The molecule has 0 unspecified atom stereocenters. The van der Waals surface area contributed by atoms with Crippen LogP contribution >= 0.6 is 0 Å². The highest BCUT2D eigenvalue weighted by Gasteiger charge is 2.57. The largest absolute Gasteiger partial charge is 0.374 e. The van der Waals surface area contributed by atoms with Gasteiger partial charge in [-0.15, -0.1) is 0 Å². The maximum atomic E-state index is 13.0. The van der Waals surface area contributed by atoms with E-state index in [1.165, 1.54) is 6.07 Å². The van der Waals surface area contributed by atoms with Gasteiger partial charge < -0.3 is 9.64 Å². The zero-order valence-corrected chi connectivity index (χ0v) is 12.9. The molecule has 2 aromatic rings. The number of amides is 1. The minimum absolute atomic E-state index is 0.0438. The Hall–Kier alpha value is -2.47. The number of ether oxygens (including phenoxy) is 1. The van der Waals surface area contributed by atoms with Crippen molar-refractivity contribution in [2.45, 2.75) is 25.0 Å². The molecule has 3 aliphatic rings. The number of nitro benzene ring substituents is 1. The molecular formula is C18H16N2O4. The second-order valence-electron chi connectivity index (χ2n) is 6.84. The first-order valence-corrected chi connectivity index (χ1v) is 8.28. The molecule has 2 bridgehead atoms. The van der Waals surface area contributed by atoms with Crippen LogP contribution in [0.1, 0.15) is 12.8 Å². The summed E-state index contributed by atoms with van der Waals surface area (Å²) in [5.74, 6) is 0.314. The summed E-state index contributed by atoms with van der Waals surface area (Å²) < 4.78 is 5.90. The fourth-order valence-electron chi connectivity index (χ4n) is 4.71. The van der Waals surface area contributed by atoms with Crippen LogP contribution in [0.15, 0.2) is 36.4 Å². The van der Waals surface area contributed by atoms with Crippen molar-refractivity contribution in [3.63, 3.8) is 0 Å². The van der Waals surface area contributed by atoms with Crippen molar-refractivity contribution < 1.29 is 14.5 Å². The Labute approximate surface area is 138 Å². The van der Waals surface area contributed by atoms with Gasteiger partial charge in [-0.1, -0.05) is 18.2 Å². The number of carbonyl (C=O) groups excluding carboxylic acids is 1. The lowest BCUT2D eigenvalue weighted by Gasteiger charge is -2.21. The molecule has 6 nitrogen and oxygen atoms in total. The Morgan fingerprint density at radius 1 is 1.08 bits per heavy atom. The van der Waals surface area contributed by atoms with Crippen molar-refractivity contribution in [1.29, 1.82) is 0 Å². The molecule has 122 valence electrons. The summed E-state index contributed by atoms with van der Waals surface area (Å²) in [6.45, 7) is 0.645. The fourth-order valence-corrected chi connectivity index (χ4v) is 4.71. The van der Waals surface area contributed by atoms with Crippen molar-refractivity contribution in [2.24, 2.45) is 11.8 Å². The predicted molar refractivity (Wildman–Crippen MR) is 87.8 cm³/mol. The average Bonchev–Trinajstić information content (AvgIpc) is 3.27. The van der Waals surface area contributed by atoms with E-state index >= 15 is 0 Å². The molecule has 0 aliphatic carbocycles. The van der Waals surface area contributed by atoms with Gasteiger partial charge in [0.05, 0.1) is 34.1 Å². The number of hydrogen-bond acceptors (Lipinski definition) is 4. The summed E-state index contributed by atoms with van der Waals surface area (Å²) in [5.41, 5.74) is 0.847. The van der Waals surface area contributed by atoms with Gasteiger partial charge in [0, 0.05) is 23.9 Å². The molecule has 6 heteroatoms. The van der Waals surface area contributed by atoms with E-state index in [2.05, 4.69) is 0 Å². The second-order valence-corrected chi connectivity index (χ2v) is 6.84. The highest BCUT2D eigenvalue weighted by atomic mass is 16.6. The zero-order valence-electron chi connectivity index (χ0n) is 12.9. The van der Waals surface area contributed by atoms with Crippen LogP contribution in [-0.2, 0) is 9.53 Å². The summed E-state index contributed by atoms with van der Waals surface area (Å²) in [7, 11) is 0. The topological polar surface area (TPSA) is 72.7 Å². The average molecular weight is 324 g/mol. The van der Waals surface area contributed by atoms with Gasteiger partial charge in [0.25, 0.3) is 5.69 Å². The number of nitro groups is 1. The van der Waals surface area contributed by atoms with Gasteiger partial charge in [0.2, 0.25) is 5.91 Å². The third-order valence-corrected chi connectivity index (χ3v) is 5.73. The van der Waals surface area contributed by atoms with Crippen LogP contribution in [-0.4, -0.2) is 29.6 Å². The molecule has 3 heterocycles. The van der Waals surface area contributed by atoms with Crippen LogP contribution in [0.5, 0.6) is 0 Å².